The number of para-hydroxylation sites is 1. The van der Waals surface area contributed by atoms with E-state index in [1.165, 1.54) is 6.21 Å². The first-order valence-corrected chi connectivity index (χ1v) is 10.4. The molecule has 9 heteroatoms. The standard InChI is InChI=1S/C24H21ClN2O6/c1-29-22-10-16(12-26-27-24(28)14-31-19-5-3-2-4-18(19)25)6-8-20(22)30-13-17-7-9-21-23(11-17)33-15-32-21/h2-12H,13-15H2,1H3,(H,27,28)/b26-12-. The van der Waals surface area contributed by atoms with Crippen molar-refractivity contribution in [1.82, 2.24) is 5.43 Å². The second-order valence-corrected chi connectivity index (χ2v) is 7.31. The molecule has 0 radical (unpaired) electrons. The fourth-order valence-corrected chi connectivity index (χ4v) is 3.18. The van der Waals surface area contributed by atoms with Crippen LogP contribution < -0.4 is 29.1 Å². The summed E-state index contributed by atoms with van der Waals surface area (Å²) in [6.07, 6.45) is 1.50. The van der Waals surface area contributed by atoms with E-state index in [0.29, 0.717) is 34.6 Å². The molecule has 0 aliphatic carbocycles. The Balaban J connectivity index is 1.30. The molecule has 1 amide bonds. The second-order valence-electron chi connectivity index (χ2n) is 6.90. The summed E-state index contributed by atoms with van der Waals surface area (Å²) in [5.74, 6) is 2.55. The molecule has 0 aromatic heterocycles. The van der Waals surface area contributed by atoms with Crippen molar-refractivity contribution >= 4 is 23.7 Å². The molecule has 0 saturated heterocycles. The zero-order valence-corrected chi connectivity index (χ0v) is 18.5. The van der Waals surface area contributed by atoms with Gasteiger partial charge in [0.1, 0.15) is 12.4 Å². The van der Waals surface area contributed by atoms with E-state index < -0.39 is 5.91 Å². The largest absolute Gasteiger partial charge is 0.493 e. The molecule has 1 aliphatic heterocycles. The van der Waals surface area contributed by atoms with Crippen LogP contribution >= 0.6 is 11.6 Å². The molecule has 4 rings (SSSR count). The Labute approximate surface area is 195 Å². The Morgan fingerprint density at radius 2 is 1.88 bits per heavy atom. The van der Waals surface area contributed by atoms with Gasteiger partial charge in [-0.2, -0.15) is 5.10 Å². The van der Waals surface area contributed by atoms with Gasteiger partial charge in [-0.25, -0.2) is 5.43 Å². The SMILES string of the molecule is COc1cc(/C=N\NC(=O)COc2ccccc2Cl)ccc1OCc1ccc2c(c1)OCO2. The number of benzene rings is 3. The maximum Gasteiger partial charge on any atom is 0.277 e. The van der Waals surface area contributed by atoms with Gasteiger partial charge in [-0.05, 0) is 53.6 Å². The number of carbonyl (C=O) groups excluding carboxylic acids is 1. The van der Waals surface area contributed by atoms with Crippen molar-refractivity contribution in [2.75, 3.05) is 20.5 Å². The van der Waals surface area contributed by atoms with Gasteiger partial charge in [0.15, 0.2) is 29.6 Å². The van der Waals surface area contributed by atoms with Gasteiger partial charge >= 0.3 is 0 Å². The minimum atomic E-state index is -0.415. The summed E-state index contributed by atoms with van der Waals surface area (Å²) in [7, 11) is 1.55. The molecule has 3 aromatic rings. The van der Waals surface area contributed by atoms with Crippen LogP contribution in [-0.2, 0) is 11.4 Å². The highest BCUT2D eigenvalue weighted by atomic mass is 35.5. The molecule has 1 aliphatic rings. The number of amides is 1. The summed E-state index contributed by atoms with van der Waals surface area (Å²) >= 11 is 5.99. The van der Waals surface area contributed by atoms with Gasteiger partial charge in [-0.3, -0.25) is 4.79 Å². The molecule has 170 valence electrons. The van der Waals surface area contributed by atoms with Gasteiger partial charge < -0.3 is 23.7 Å². The molecule has 33 heavy (non-hydrogen) atoms. The third-order valence-corrected chi connectivity index (χ3v) is 4.93. The van der Waals surface area contributed by atoms with Crippen LogP contribution in [0.3, 0.4) is 0 Å². The molecule has 0 saturated carbocycles. The minimum absolute atomic E-state index is 0.211. The molecule has 3 aromatic carbocycles. The zero-order chi connectivity index (χ0) is 23.0. The number of hydrogen-bond donors (Lipinski definition) is 1. The smallest absolute Gasteiger partial charge is 0.277 e. The Kier molecular flexibility index (Phi) is 7.16. The van der Waals surface area contributed by atoms with Gasteiger partial charge in [-0.1, -0.05) is 29.8 Å². The number of hydrazone groups is 1. The van der Waals surface area contributed by atoms with Crippen molar-refractivity contribution in [3.63, 3.8) is 0 Å². The van der Waals surface area contributed by atoms with E-state index >= 15 is 0 Å². The van der Waals surface area contributed by atoms with Crippen LogP contribution in [0.4, 0.5) is 0 Å². The number of ether oxygens (including phenoxy) is 5. The number of halogens is 1. The summed E-state index contributed by atoms with van der Waals surface area (Å²) in [5, 5.41) is 4.38. The number of hydrogen-bond acceptors (Lipinski definition) is 7. The van der Waals surface area contributed by atoms with Gasteiger partial charge in [0.25, 0.3) is 5.91 Å². The number of nitrogens with one attached hydrogen (secondary N) is 1. The van der Waals surface area contributed by atoms with Gasteiger partial charge in [0.05, 0.1) is 18.3 Å². The summed E-state index contributed by atoms with van der Waals surface area (Å²) < 4.78 is 27.4. The Bertz CT molecular complexity index is 1170. The van der Waals surface area contributed by atoms with Crippen LogP contribution in [0.2, 0.25) is 5.02 Å². The highest BCUT2D eigenvalue weighted by Gasteiger charge is 2.14. The normalized spacial score (nSPS) is 11.9. The van der Waals surface area contributed by atoms with Crippen molar-refractivity contribution in [1.29, 1.82) is 0 Å². The van der Waals surface area contributed by atoms with E-state index in [2.05, 4.69) is 10.5 Å². The van der Waals surface area contributed by atoms with Crippen molar-refractivity contribution in [3.05, 3.63) is 76.8 Å². The molecular weight excluding hydrogens is 448 g/mol. The molecule has 0 bridgehead atoms. The van der Waals surface area contributed by atoms with E-state index in [1.54, 1.807) is 49.6 Å². The van der Waals surface area contributed by atoms with Crippen LogP contribution in [0.1, 0.15) is 11.1 Å². The lowest BCUT2D eigenvalue weighted by Crippen LogP contribution is -2.24. The van der Waals surface area contributed by atoms with E-state index in [4.69, 9.17) is 35.3 Å². The van der Waals surface area contributed by atoms with Crippen LogP contribution in [0.15, 0.2) is 65.8 Å². The average Bonchev–Trinajstić information content (AvgIpc) is 3.30. The predicted octanol–water partition coefficient (Wildman–Crippen LogP) is 4.19. The number of carbonyl (C=O) groups is 1. The molecule has 1 N–H and O–H groups in total. The van der Waals surface area contributed by atoms with Crippen LogP contribution in [-0.4, -0.2) is 32.6 Å². The lowest BCUT2D eigenvalue weighted by Gasteiger charge is -2.11. The number of nitrogens with zero attached hydrogens (tertiary/aromatic N) is 1. The average molecular weight is 469 g/mol. The second kappa shape index (κ2) is 10.6. The lowest BCUT2D eigenvalue weighted by atomic mass is 10.2. The Morgan fingerprint density at radius 3 is 2.73 bits per heavy atom. The molecule has 0 atom stereocenters. The van der Waals surface area contributed by atoms with E-state index in [9.17, 15) is 4.79 Å². The van der Waals surface area contributed by atoms with E-state index in [0.717, 1.165) is 16.9 Å². The number of rotatable bonds is 9. The molecule has 1 heterocycles. The highest BCUT2D eigenvalue weighted by molar-refractivity contribution is 6.32. The third kappa shape index (κ3) is 5.87. The number of fused-ring (bicyclic) bond motifs is 1. The van der Waals surface area contributed by atoms with Crippen LogP contribution in [0, 0.1) is 0 Å². The summed E-state index contributed by atoms with van der Waals surface area (Å²) in [5.41, 5.74) is 4.06. The maximum atomic E-state index is 11.9. The van der Waals surface area contributed by atoms with Gasteiger partial charge in [0.2, 0.25) is 6.79 Å². The van der Waals surface area contributed by atoms with Gasteiger partial charge in [0, 0.05) is 0 Å². The predicted molar refractivity (Wildman–Crippen MR) is 123 cm³/mol. The summed E-state index contributed by atoms with van der Waals surface area (Å²) in [6, 6.07) is 17.9. The quantitative estimate of drug-likeness (QED) is 0.374. The van der Waals surface area contributed by atoms with Crippen molar-refractivity contribution in [2.45, 2.75) is 6.61 Å². The first kappa shape index (κ1) is 22.3. The fraction of sp³-hybridized carbons (Fsp3) is 0.167. The van der Waals surface area contributed by atoms with Crippen molar-refractivity contribution < 1.29 is 28.5 Å². The highest BCUT2D eigenvalue weighted by Crippen LogP contribution is 2.33. The fourth-order valence-electron chi connectivity index (χ4n) is 2.99. The third-order valence-electron chi connectivity index (χ3n) is 4.62. The van der Waals surface area contributed by atoms with E-state index in [1.807, 2.05) is 18.2 Å². The van der Waals surface area contributed by atoms with Crippen molar-refractivity contribution in [2.24, 2.45) is 5.10 Å². The Morgan fingerprint density at radius 1 is 1.03 bits per heavy atom. The number of methoxy groups -OCH3 is 1. The van der Waals surface area contributed by atoms with Crippen LogP contribution in [0.25, 0.3) is 0 Å². The monoisotopic (exact) mass is 468 g/mol. The molecule has 0 spiro atoms. The molecular formula is C24H21ClN2O6. The Hall–Kier alpha value is -3.91. The lowest BCUT2D eigenvalue weighted by molar-refractivity contribution is -0.123. The molecule has 0 unspecified atom stereocenters. The molecule has 0 fully saturated rings. The summed E-state index contributed by atoms with van der Waals surface area (Å²) in [6.45, 7) is 0.351. The van der Waals surface area contributed by atoms with Crippen molar-refractivity contribution in [3.8, 4) is 28.7 Å². The summed E-state index contributed by atoms with van der Waals surface area (Å²) in [4.78, 5) is 11.9. The first-order valence-electron chi connectivity index (χ1n) is 10.0. The first-order chi connectivity index (χ1) is 16.1. The topological polar surface area (TPSA) is 87.6 Å². The van der Waals surface area contributed by atoms with Gasteiger partial charge in [-0.15, -0.1) is 0 Å². The zero-order valence-electron chi connectivity index (χ0n) is 17.7. The minimum Gasteiger partial charge on any atom is -0.493 e. The van der Waals surface area contributed by atoms with Crippen LogP contribution in [0.5, 0.6) is 28.7 Å². The van der Waals surface area contributed by atoms with E-state index in [-0.39, 0.29) is 13.4 Å². The maximum absolute atomic E-state index is 11.9. The molecule has 8 nitrogen and oxygen atoms in total.